The minimum Gasteiger partial charge on any atom is -0.325 e. The smallest absolute Gasteiger partial charge is 0.0191 e. The molecule has 9 unspecified atom stereocenters. The van der Waals surface area contributed by atoms with Gasteiger partial charge in [-0.15, -0.1) is 0 Å². The Bertz CT molecular complexity index is 1010. The third-order valence-corrected chi connectivity index (χ3v) is 14.3. The van der Waals surface area contributed by atoms with Crippen LogP contribution in [0.5, 0.6) is 0 Å². The van der Waals surface area contributed by atoms with Crippen molar-refractivity contribution in [3.63, 3.8) is 0 Å². The van der Waals surface area contributed by atoms with E-state index in [1.54, 1.807) is 11.1 Å². The highest BCUT2D eigenvalue weighted by Crippen LogP contribution is 2.76. The van der Waals surface area contributed by atoms with Crippen molar-refractivity contribution in [3.8, 4) is 0 Å². The fraction of sp³-hybridized carbons (Fsp3) is 0.838. The summed E-state index contributed by atoms with van der Waals surface area (Å²) in [5.74, 6) is 4.36. The van der Waals surface area contributed by atoms with Gasteiger partial charge in [0.15, 0.2) is 0 Å². The fourth-order valence-corrected chi connectivity index (χ4v) is 12.2. The molecule has 5 aliphatic rings. The second-order valence-electron chi connectivity index (χ2n) is 16.7. The van der Waals surface area contributed by atoms with Crippen LogP contribution in [0.2, 0.25) is 0 Å². The normalized spacial score (nSPS) is 48.0. The van der Waals surface area contributed by atoms with Crippen LogP contribution in [-0.2, 0) is 0 Å². The van der Waals surface area contributed by atoms with Crippen LogP contribution in [0.15, 0.2) is 35.5 Å². The SMILES string of the molecule is C=C(C)C1CCC2(N)CCC3(C)C(CCC4C5(C)CC=C(C(=CCC(C)C)CC)C(C)(C)C5CCC43C)C12. The van der Waals surface area contributed by atoms with Gasteiger partial charge in [-0.25, -0.2) is 0 Å². The predicted molar refractivity (Wildman–Crippen MR) is 165 cm³/mol. The maximum Gasteiger partial charge on any atom is 0.0191 e. The number of hydrogen-bond donors (Lipinski definition) is 1. The standard InChI is InChI=1S/C37H61N/c1-11-26(13-12-24(2)3)28-17-19-34(8)30(33(28,6)7)18-20-36(10)31(34)15-14-29-32-27(25(4)5)16-21-37(32,38)23-22-35(29,36)9/h13,17,24,27,29-32H,4,11-12,14-16,18-23,38H2,1-3,5-10H3. The molecule has 0 aromatic heterocycles. The molecule has 38 heavy (non-hydrogen) atoms. The van der Waals surface area contributed by atoms with Gasteiger partial charge in [0.1, 0.15) is 0 Å². The summed E-state index contributed by atoms with van der Waals surface area (Å²) in [5, 5.41) is 0. The molecule has 1 heteroatoms. The molecule has 0 spiro atoms. The van der Waals surface area contributed by atoms with Gasteiger partial charge >= 0.3 is 0 Å². The van der Waals surface area contributed by atoms with E-state index in [1.165, 1.54) is 76.2 Å². The van der Waals surface area contributed by atoms with Gasteiger partial charge in [0.25, 0.3) is 0 Å². The molecule has 0 bridgehead atoms. The maximum absolute atomic E-state index is 7.28. The molecule has 2 N–H and O–H groups in total. The van der Waals surface area contributed by atoms with Crippen LogP contribution in [0.3, 0.4) is 0 Å². The average Bonchev–Trinajstić information content (AvgIpc) is 3.18. The van der Waals surface area contributed by atoms with Gasteiger partial charge in [-0.05, 0) is 146 Å². The molecule has 0 heterocycles. The Balaban J connectivity index is 1.51. The largest absolute Gasteiger partial charge is 0.325 e. The van der Waals surface area contributed by atoms with Crippen LogP contribution < -0.4 is 5.73 Å². The molecule has 0 aromatic carbocycles. The predicted octanol–water partition coefficient (Wildman–Crippen LogP) is 10.3. The average molecular weight is 520 g/mol. The Labute approximate surface area is 236 Å². The lowest BCUT2D eigenvalue weighted by atomic mass is 9.33. The molecule has 1 nitrogen and oxygen atoms in total. The van der Waals surface area contributed by atoms with Crippen LogP contribution >= 0.6 is 0 Å². The molecule has 0 amide bonds. The summed E-state index contributed by atoms with van der Waals surface area (Å²) in [6.07, 6.45) is 19.6. The lowest BCUT2D eigenvalue weighted by Gasteiger charge is -2.72. The Kier molecular flexibility index (Phi) is 7.07. The zero-order valence-electron chi connectivity index (χ0n) is 26.7. The van der Waals surface area contributed by atoms with Crippen molar-refractivity contribution in [2.75, 3.05) is 0 Å². The minimum absolute atomic E-state index is 0.0570. The summed E-state index contributed by atoms with van der Waals surface area (Å²) in [7, 11) is 0. The topological polar surface area (TPSA) is 26.0 Å². The van der Waals surface area contributed by atoms with Crippen molar-refractivity contribution in [1.29, 1.82) is 0 Å². The summed E-state index contributed by atoms with van der Waals surface area (Å²) in [5.41, 5.74) is 13.5. The van der Waals surface area contributed by atoms with Crippen molar-refractivity contribution in [2.45, 2.75) is 138 Å². The van der Waals surface area contributed by atoms with Gasteiger partial charge in [-0.1, -0.05) is 79.7 Å². The Morgan fingerprint density at radius 2 is 1.68 bits per heavy atom. The quantitative estimate of drug-likeness (QED) is 0.359. The molecular weight excluding hydrogens is 458 g/mol. The first kappa shape index (κ1) is 28.7. The molecule has 4 fully saturated rings. The first-order valence-corrected chi connectivity index (χ1v) is 16.5. The van der Waals surface area contributed by atoms with Gasteiger partial charge in [0, 0.05) is 5.54 Å². The Hall–Kier alpha value is -0.820. The number of hydrogen-bond acceptors (Lipinski definition) is 1. The number of rotatable bonds is 5. The molecule has 4 saturated carbocycles. The van der Waals surface area contributed by atoms with Crippen molar-refractivity contribution < 1.29 is 0 Å². The van der Waals surface area contributed by atoms with Crippen LogP contribution in [0.25, 0.3) is 0 Å². The first-order valence-electron chi connectivity index (χ1n) is 16.5. The maximum atomic E-state index is 7.28. The van der Waals surface area contributed by atoms with E-state index in [4.69, 9.17) is 5.73 Å². The molecule has 0 aromatic rings. The van der Waals surface area contributed by atoms with E-state index in [-0.39, 0.29) is 11.0 Å². The molecule has 5 rings (SSSR count). The van der Waals surface area contributed by atoms with E-state index in [9.17, 15) is 0 Å². The van der Waals surface area contributed by atoms with E-state index >= 15 is 0 Å². The summed E-state index contributed by atoms with van der Waals surface area (Å²) < 4.78 is 0. The Morgan fingerprint density at radius 1 is 0.974 bits per heavy atom. The van der Waals surface area contributed by atoms with Gasteiger partial charge in [0.2, 0.25) is 0 Å². The number of nitrogens with two attached hydrogens (primary N) is 1. The van der Waals surface area contributed by atoms with Gasteiger partial charge in [-0.2, -0.15) is 0 Å². The van der Waals surface area contributed by atoms with E-state index in [1.807, 2.05) is 0 Å². The monoisotopic (exact) mass is 519 g/mol. The van der Waals surface area contributed by atoms with Crippen LogP contribution in [-0.4, -0.2) is 5.54 Å². The third-order valence-electron chi connectivity index (χ3n) is 14.3. The highest BCUT2D eigenvalue weighted by molar-refractivity contribution is 5.40. The van der Waals surface area contributed by atoms with Crippen molar-refractivity contribution in [3.05, 3.63) is 35.5 Å². The van der Waals surface area contributed by atoms with Crippen LogP contribution in [0, 0.1) is 57.2 Å². The summed E-state index contributed by atoms with van der Waals surface area (Å²) in [6.45, 7) is 27.3. The highest BCUT2D eigenvalue weighted by atomic mass is 14.8. The lowest BCUT2D eigenvalue weighted by Crippen LogP contribution is -2.67. The van der Waals surface area contributed by atoms with E-state index in [0.29, 0.717) is 28.1 Å². The zero-order chi connectivity index (χ0) is 27.9. The molecular formula is C37H61N. The second kappa shape index (κ2) is 9.36. The summed E-state index contributed by atoms with van der Waals surface area (Å²) in [6, 6.07) is 0. The van der Waals surface area contributed by atoms with Crippen molar-refractivity contribution in [1.82, 2.24) is 0 Å². The van der Waals surface area contributed by atoms with Crippen molar-refractivity contribution in [2.24, 2.45) is 62.9 Å². The van der Waals surface area contributed by atoms with E-state index < -0.39 is 0 Å². The van der Waals surface area contributed by atoms with Gasteiger partial charge in [0.05, 0.1) is 0 Å². The highest BCUT2D eigenvalue weighted by Gasteiger charge is 2.70. The molecule has 0 aliphatic heterocycles. The number of fused-ring (bicyclic) bond motifs is 7. The molecule has 0 radical (unpaired) electrons. The van der Waals surface area contributed by atoms with Crippen molar-refractivity contribution >= 4 is 0 Å². The van der Waals surface area contributed by atoms with E-state index in [2.05, 4.69) is 81.0 Å². The van der Waals surface area contributed by atoms with Gasteiger partial charge < -0.3 is 5.73 Å². The molecule has 214 valence electrons. The zero-order valence-corrected chi connectivity index (χ0v) is 26.7. The first-order chi connectivity index (χ1) is 17.7. The summed E-state index contributed by atoms with van der Waals surface area (Å²) in [4.78, 5) is 0. The van der Waals surface area contributed by atoms with Gasteiger partial charge in [-0.3, -0.25) is 0 Å². The molecule has 9 atom stereocenters. The second-order valence-corrected chi connectivity index (χ2v) is 16.7. The molecule has 5 aliphatic carbocycles. The third kappa shape index (κ3) is 3.86. The van der Waals surface area contributed by atoms with Crippen LogP contribution in [0.4, 0.5) is 0 Å². The summed E-state index contributed by atoms with van der Waals surface area (Å²) >= 11 is 0. The fourth-order valence-electron chi connectivity index (χ4n) is 12.2. The Morgan fingerprint density at radius 3 is 2.32 bits per heavy atom. The minimum atomic E-state index is 0.0570. The number of allylic oxidation sites excluding steroid dienone is 5. The van der Waals surface area contributed by atoms with Crippen LogP contribution in [0.1, 0.15) is 133 Å². The van der Waals surface area contributed by atoms with E-state index in [0.717, 1.165) is 23.7 Å². The molecule has 0 saturated heterocycles. The lowest BCUT2D eigenvalue weighted by molar-refractivity contribution is -0.219.